The van der Waals surface area contributed by atoms with Gasteiger partial charge in [0.25, 0.3) is 0 Å². The first-order valence-corrected chi connectivity index (χ1v) is 10.0. The third-order valence-corrected chi connectivity index (χ3v) is 6.41. The van der Waals surface area contributed by atoms with Gasteiger partial charge in [0.15, 0.2) is 0 Å². The molecule has 142 valence electrons. The maximum Gasteiger partial charge on any atom is 0.345 e. The Balaban J connectivity index is 1.89. The summed E-state index contributed by atoms with van der Waals surface area (Å²) in [5.74, 6) is -1.40. The van der Waals surface area contributed by atoms with Crippen molar-refractivity contribution in [3.05, 3.63) is 58.6 Å². The predicted molar refractivity (Wildman–Crippen MR) is 99.4 cm³/mol. The van der Waals surface area contributed by atoms with Gasteiger partial charge in [-0.25, -0.2) is 13.2 Å². The van der Waals surface area contributed by atoms with Gasteiger partial charge in [0.2, 0.25) is 15.9 Å². The quantitative estimate of drug-likeness (QED) is 0.604. The highest BCUT2D eigenvalue weighted by molar-refractivity contribution is 7.89. The number of nitrogens with two attached hydrogens (primary N) is 1. The first-order chi connectivity index (χ1) is 12.8. The van der Waals surface area contributed by atoms with Crippen LogP contribution in [0.2, 0.25) is 5.02 Å². The van der Waals surface area contributed by atoms with Crippen LogP contribution < -0.4 is 10.5 Å². The molecule has 2 aromatic rings. The fourth-order valence-corrected chi connectivity index (χ4v) is 4.51. The Bertz CT molecular complexity index is 1000. The van der Waals surface area contributed by atoms with Crippen molar-refractivity contribution < 1.29 is 22.7 Å². The lowest BCUT2D eigenvalue weighted by Crippen LogP contribution is -2.28. The molecule has 0 atom stereocenters. The average molecular weight is 409 g/mol. The van der Waals surface area contributed by atoms with E-state index in [0.29, 0.717) is 13.1 Å². The Morgan fingerprint density at radius 3 is 2.44 bits per heavy atom. The van der Waals surface area contributed by atoms with E-state index in [9.17, 15) is 18.0 Å². The lowest BCUT2D eigenvalue weighted by Gasteiger charge is -2.16. The van der Waals surface area contributed by atoms with Crippen LogP contribution in [0.3, 0.4) is 0 Å². The first kappa shape index (κ1) is 19.3. The molecule has 9 heteroatoms. The molecule has 1 aliphatic heterocycles. The SMILES string of the molecule is NC(=O)c1cccc(OC(=O)c2cc(S(=O)(=O)N3CCCC3)ccc2Cl)c1. The Morgan fingerprint density at radius 2 is 1.78 bits per heavy atom. The molecule has 1 amide bonds. The summed E-state index contributed by atoms with van der Waals surface area (Å²) < 4.78 is 32.0. The van der Waals surface area contributed by atoms with Crippen LogP contribution in [0.4, 0.5) is 0 Å². The summed E-state index contributed by atoms with van der Waals surface area (Å²) in [6.07, 6.45) is 1.61. The van der Waals surface area contributed by atoms with Gasteiger partial charge in [0.05, 0.1) is 15.5 Å². The summed E-state index contributed by atoms with van der Waals surface area (Å²) in [5.41, 5.74) is 5.30. The minimum absolute atomic E-state index is 0.0216. The van der Waals surface area contributed by atoms with E-state index in [1.165, 1.54) is 46.8 Å². The normalized spacial score (nSPS) is 14.9. The van der Waals surface area contributed by atoms with E-state index in [1.54, 1.807) is 0 Å². The highest BCUT2D eigenvalue weighted by atomic mass is 35.5. The maximum absolute atomic E-state index is 12.7. The lowest BCUT2D eigenvalue weighted by molar-refractivity contribution is 0.0733. The van der Waals surface area contributed by atoms with Gasteiger partial charge in [-0.1, -0.05) is 17.7 Å². The Hall–Kier alpha value is -2.42. The van der Waals surface area contributed by atoms with Crippen LogP contribution in [0.1, 0.15) is 33.6 Å². The average Bonchev–Trinajstić information content (AvgIpc) is 3.17. The Kier molecular flexibility index (Phi) is 5.50. The van der Waals surface area contributed by atoms with E-state index in [0.717, 1.165) is 12.8 Å². The number of benzene rings is 2. The molecule has 0 bridgehead atoms. The van der Waals surface area contributed by atoms with Crippen LogP contribution in [0.15, 0.2) is 47.4 Å². The minimum Gasteiger partial charge on any atom is -0.423 e. The molecule has 2 aromatic carbocycles. The van der Waals surface area contributed by atoms with Gasteiger partial charge in [0.1, 0.15) is 5.75 Å². The molecule has 0 aliphatic carbocycles. The second-order valence-electron chi connectivity index (χ2n) is 6.03. The molecule has 2 N–H and O–H groups in total. The molecule has 0 unspecified atom stereocenters. The largest absolute Gasteiger partial charge is 0.423 e. The van der Waals surface area contributed by atoms with Gasteiger partial charge in [-0.3, -0.25) is 4.79 Å². The molecule has 1 aliphatic rings. The molecule has 0 spiro atoms. The lowest BCUT2D eigenvalue weighted by atomic mass is 10.2. The highest BCUT2D eigenvalue weighted by Gasteiger charge is 2.28. The molecule has 0 saturated carbocycles. The number of esters is 1. The summed E-state index contributed by atoms with van der Waals surface area (Å²) in [4.78, 5) is 23.7. The molecule has 1 saturated heterocycles. The van der Waals surface area contributed by atoms with Gasteiger partial charge >= 0.3 is 5.97 Å². The van der Waals surface area contributed by atoms with Gasteiger partial charge in [-0.2, -0.15) is 4.31 Å². The van der Waals surface area contributed by atoms with Crippen LogP contribution in [-0.2, 0) is 10.0 Å². The number of hydrogen-bond acceptors (Lipinski definition) is 5. The molecular formula is C18H17ClN2O5S. The van der Waals surface area contributed by atoms with Gasteiger partial charge in [-0.15, -0.1) is 0 Å². The van der Waals surface area contributed by atoms with Crippen molar-refractivity contribution in [1.82, 2.24) is 4.31 Å². The van der Waals surface area contributed by atoms with Crippen LogP contribution >= 0.6 is 11.6 Å². The zero-order valence-electron chi connectivity index (χ0n) is 14.2. The van der Waals surface area contributed by atoms with Crippen LogP contribution in [0.5, 0.6) is 5.75 Å². The predicted octanol–water partition coefficient (Wildman–Crippen LogP) is 2.44. The van der Waals surface area contributed by atoms with Crippen LogP contribution in [0, 0.1) is 0 Å². The van der Waals surface area contributed by atoms with Crippen molar-refractivity contribution in [2.24, 2.45) is 5.73 Å². The number of sulfonamides is 1. The van der Waals surface area contributed by atoms with E-state index in [4.69, 9.17) is 22.1 Å². The van der Waals surface area contributed by atoms with E-state index >= 15 is 0 Å². The van der Waals surface area contributed by atoms with Gasteiger partial charge < -0.3 is 10.5 Å². The fourth-order valence-electron chi connectivity index (χ4n) is 2.77. The van der Waals surface area contributed by atoms with Crippen LogP contribution in [-0.4, -0.2) is 37.7 Å². The van der Waals surface area contributed by atoms with Crippen molar-refractivity contribution in [2.45, 2.75) is 17.7 Å². The standard InChI is InChI=1S/C18H17ClN2O5S/c19-16-7-6-14(27(24,25)21-8-1-2-9-21)11-15(16)18(23)26-13-5-3-4-12(10-13)17(20)22/h3-7,10-11H,1-2,8-9H2,(H2,20,22). The third-order valence-electron chi connectivity index (χ3n) is 4.19. The molecular weight excluding hydrogens is 392 g/mol. The summed E-state index contributed by atoms with van der Waals surface area (Å²) in [6.45, 7) is 0.898. The number of carbonyl (C=O) groups excluding carboxylic acids is 2. The summed E-state index contributed by atoms with van der Waals surface area (Å²) in [7, 11) is -3.70. The minimum atomic E-state index is -3.70. The molecule has 0 radical (unpaired) electrons. The summed E-state index contributed by atoms with van der Waals surface area (Å²) in [6, 6.07) is 9.70. The fraction of sp³-hybridized carbons (Fsp3) is 0.222. The van der Waals surface area contributed by atoms with Crippen molar-refractivity contribution in [3.63, 3.8) is 0 Å². The zero-order valence-corrected chi connectivity index (χ0v) is 15.8. The maximum atomic E-state index is 12.7. The topological polar surface area (TPSA) is 107 Å². The molecule has 7 nitrogen and oxygen atoms in total. The smallest absolute Gasteiger partial charge is 0.345 e. The number of ether oxygens (including phenoxy) is 1. The molecule has 1 heterocycles. The Labute approximate surface area is 161 Å². The van der Waals surface area contributed by atoms with E-state index in [2.05, 4.69) is 0 Å². The molecule has 1 fully saturated rings. The number of primary amides is 1. The van der Waals surface area contributed by atoms with Crippen LogP contribution in [0.25, 0.3) is 0 Å². The van der Waals surface area contributed by atoms with Crippen molar-refractivity contribution >= 4 is 33.5 Å². The van der Waals surface area contributed by atoms with E-state index < -0.39 is 21.9 Å². The second kappa shape index (κ2) is 7.67. The molecule has 27 heavy (non-hydrogen) atoms. The second-order valence-corrected chi connectivity index (χ2v) is 8.38. The number of amides is 1. The number of nitrogens with zero attached hydrogens (tertiary/aromatic N) is 1. The first-order valence-electron chi connectivity index (χ1n) is 8.21. The summed E-state index contributed by atoms with van der Waals surface area (Å²) >= 11 is 6.07. The number of hydrogen-bond donors (Lipinski definition) is 1. The van der Waals surface area contributed by atoms with Gasteiger partial charge in [0, 0.05) is 18.7 Å². The number of carbonyl (C=O) groups is 2. The van der Waals surface area contributed by atoms with Crippen molar-refractivity contribution in [2.75, 3.05) is 13.1 Å². The number of rotatable bonds is 5. The zero-order chi connectivity index (χ0) is 19.6. The van der Waals surface area contributed by atoms with Crippen molar-refractivity contribution in [3.8, 4) is 5.75 Å². The van der Waals surface area contributed by atoms with E-state index in [-0.39, 0.29) is 26.8 Å². The highest BCUT2D eigenvalue weighted by Crippen LogP contribution is 2.26. The van der Waals surface area contributed by atoms with Crippen molar-refractivity contribution in [1.29, 1.82) is 0 Å². The third kappa shape index (κ3) is 4.13. The van der Waals surface area contributed by atoms with Gasteiger partial charge in [-0.05, 0) is 49.2 Å². The number of halogens is 1. The summed E-state index contributed by atoms with van der Waals surface area (Å²) in [5, 5.41) is 0.0615. The monoisotopic (exact) mass is 408 g/mol. The Morgan fingerprint density at radius 1 is 1.07 bits per heavy atom. The molecule has 0 aromatic heterocycles. The van der Waals surface area contributed by atoms with E-state index in [1.807, 2.05) is 0 Å². The molecule has 3 rings (SSSR count).